The van der Waals surface area contributed by atoms with E-state index < -0.39 is 23.8 Å². The normalized spacial score (nSPS) is 27.1. The van der Waals surface area contributed by atoms with Crippen LogP contribution >= 0.6 is 0 Å². The van der Waals surface area contributed by atoms with E-state index in [1.165, 1.54) is 0 Å². The van der Waals surface area contributed by atoms with E-state index in [0.29, 0.717) is 11.1 Å². The third-order valence-electron chi connectivity index (χ3n) is 5.73. The van der Waals surface area contributed by atoms with Gasteiger partial charge in [-0.15, -0.1) is 0 Å². The molecule has 1 aromatic rings. The van der Waals surface area contributed by atoms with Gasteiger partial charge in [-0.25, -0.2) is 0 Å². The molecule has 8 nitrogen and oxygen atoms in total. The third kappa shape index (κ3) is 2.97. The van der Waals surface area contributed by atoms with Crippen molar-refractivity contribution in [1.82, 2.24) is 15.5 Å². The van der Waals surface area contributed by atoms with Crippen molar-refractivity contribution in [2.24, 2.45) is 0 Å². The molecule has 2 unspecified atom stereocenters. The maximum Gasteiger partial charge on any atom is 0.262 e. The fraction of sp³-hybridized carbons (Fsp3) is 0.500. The molecule has 0 bridgehead atoms. The van der Waals surface area contributed by atoms with Gasteiger partial charge >= 0.3 is 0 Å². The fourth-order valence-electron chi connectivity index (χ4n) is 4.16. The third-order valence-corrected chi connectivity index (χ3v) is 5.73. The van der Waals surface area contributed by atoms with Gasteiger partial charge in [0.15, 0.2) is 0 Å². The molecule has 0 aromatic heterocycles. The summed E-state index contributed by atoms with van der Waals surface area (Å²) >= 11 is 0. The monoisotopic (exact) mass is 384 g/mol. The van der Waals surface area contributed by atoms with E-state index in [9.17, 15) is 19.2 Å². The number of hydrogen-bond acceptors (Lipinski definition) is 6. The number of carbonyl (C=O) groups excluding carboxylic acids is 4. The van der Waals surface area contributed by atoms with Crippen molar-refractivity contribution in [2.75, 3.05) is 18.0 Å². The van der Waals surface area contributed by atoms with Crippen molar-refractivity contribution in [3.05, 3.63) is 29.3 Å². The first kappa shape index (κ1) is 18.6. The molecule has 3 aliphatic heterocycles. The summed E-state index contributed by atoms with van der Waals surface area (Å²) in [5.41, 5.74) is 1.44. The minimum Gasteiger partial charge on any atom is -0.366 e. The van der Waals surface area contributed by atoms with Crippen molar-refractivity contribution in [3.8, 4) is 0 Å². The molecule has 8 heteroatoms. The number of amides is 4. The topological polar surface area (TPSA) is 98.8 Å². The van der Waals surface area contributed by atoms with Gasteiger partial charge in [0.1, 0.15) is 6.04 Å². The minimum atomic E-state index is -0.939. The van der Waals surface area contributed by atoms with Gasteiger partial charge in [-0.3, -0.25) is 29.4 Å². The maximum atomic E-state index is 13.0. The molecule has 1 aromatic carbocycles. The van der Waals surface area contributed by atoms with Crippen LogP contribution in [0, 0.1) is 0 Å². The standard InChI is InChI=1S/C20H24N4O4/c1-11-9-21-20(2,3)10-23(11)12-4-5-13-14(8-12)19(28)24(18(13)27)15-6-7-16(25)22-17(15)26/h4-5,8,11,15,21H,6-7,9-10H2,1-3H3,(H,22,25,26). The molecule has 0 radical (unpaired) electrons. The van der Waals surface area contributed by atoms with E-state index in [-0.39, 0.29) is 30.3 Å². The Morgan fingerprint density at radius 2 is 1.79 bits per heavy atom. The van der Waals surface area contributed by atoms with Crippen LogP contribution in [0.1, 0.15) is 54.3 Å². The van der Waals surface area contributed by atoms with Crippen molar-refractivity contribution in [2.45, 2.75) is 51.2 Å². The number of fused-ring (bicyclic) bond motifs is 1. The zero-order valence-electron chi connectivity index (χ0n) is 16.2. The van der Waals surface area contributed by atoms with Crippen LogP contribution in [-0.2, 0) is 9.59 Å². The van der Waals surface area contributed by atoms with Gasteiger partial charge in [-0.1, -0.05) is 0 Å². The highest BCUT2D eigenvalue weighted by Crippen LogP contribution is 2.32. The summed E-state index contributed by atoms with van der Waals surface area (Å²) < 4.78 is 0. The molecule has 28 heavy (non-hydrogen) atoms. The van der Waals surface area contributed by atoms with E-state index in [1.54, 1.807) is 12.1 Å². The average Bonchev–Trinajstić information content (AvgIpc) is 2.88. The summed E-state index contributed by atoms with van der Waals surface area (Å²) in [6.07, 6.45) is 0.272. The molecule has 0 saturated carbocycles. The quantitative estimate of drug-likeness (QED) is 0.727. The van der Waals surface area contributed by atoms with Crippen molar-refractivity contribution in [1.29, 1.82) is 0 Å². The summed E-state index contributed by atoms with van der Waals surface area (Å²) in [6.45, 7) is 7.95. The second-order valence-corrected chi connectivity index (χ2v) is 8.42. The van der Waals surface area contributed by atoms with Crippen LogP contribution in [0.25, 0.3) is 0 Å². The number of nitrogens with one attached hydrogen (secondary N) is 2. The molecule has 2 atom stereocenters. The molecule has 0 spiro atoms. The zero-order valence-corrected chi connectivity index (χ0v) is 16.2. The first-order chi connectivity index (χ1) is 13.2. The minimum absolute atomic E-state index is 0.0654. The summed E-state index contributed by atoms with van der Waals surface area (Å²) in [5.74, 6) is -1.92. The number of anilines is 1. The van der Waals surface area contributed by atoms with Gasteiger partial charge in [0.25, 0.3) is 11.8 Å². The Kier molecular flexibility index (Phi) is 4.26. The molecule has 2 N–H and O–H groups in total. The van der Waals surface area contributed by atoms with Gasteiger partial charge in [-0.05, 0) is 45.4 Å². The molecular weight excluding hydrogens is 360 g/mol. The smallest absolute Gasteiger partial charge is 0.262 e. The fourth-order valence-corrected chi connectivity index (χ4v) is 4.16. The number of hydrogen-bond donors (Lipinski definition) is 2. The molecule has 4 amide bonds. The van der Waals surface area contributed by atoms with Gasteiger partial charge < -0.3 is 10.2 Å². The Bertz CT molecular complexity index is 894. The molecule has 3 aliphatic rings. The van der Waals surface area contributed by atoms with Crippen molar-refractivity contribution in [3.63, 3.8) is 0 Å². The number of carbonyl (C=O) groups is 4. The number of nitrogens with zero attached hydrogens (tertiary/aromatic N) is 2. The largest absolute Gasteiger partial charge is 0.366 e. The Morgan fingerprint density at radius 3 is 2.50 bits per heavy atom. The van der Waals surface area contributed by atoms with Gasteiger partial charge in [-0.2, -0.15) is 0 Å². The lowest BCUT2D eigenvalue weighted by atomic mass is 9.97. The second kappa shape index (κ2) is 6.41. The van der Waals surface area contributed by atoms with Crippen LogP contribution in [0.4, 0.5) is 5.69 Å². The highest BCUT2D eigenvalue weighted by atomic mass is 16.2. The van der Waals surface area contributed by atoms with E-state index in [1.807, 2.05) is 6.07 Å². The predicted molar refractivity (Wildman–Crippen MR) is 102 cm³/mol. The molecule has 3 heterocycles. The summed E-state index contributed by atoms with van der Waals surface area (Å²) in [5, 5.41) is 5.70. The molecule has 0 aliphatic carbocycles. The van der Waals surface area contributed by atoms with Gasteiger partial charge in [0, 0.05) is 36.8 Å². The van der Waals surface area contributed by atoms with E-state index in [0.717, 1.165) is 23.7 Å². The number of piperidine rings is 1. The number of benzene rings is 1. The van der Waals surface area contributed by atoms with Crippen LogP contribution in [0.5, 0.6) is 0 Å². The summed E-state index contributed by atoms with van der Waals surface area (Å²) in [6, 6.07) is 4.57. The molecule has 2 fully saturated rings. The van der Waals surface area contributed by atoms with Gasteiger partial charge in [0.05, 0.1) is 11.1 Å². The Morgan fingerprint density at radius 1 is 1.07 bits per heavy atom. The summed E-state index contributed by atoms with van der Waals surface area (Å²) in [7, 11) is 0. The SMILES string of the molecule is CC1CNC(C)(C)CN1c1ccc2c(c1)C(=O)N(C1CCC(=O)NC1=O)C2=O. The zero-order chi connectivity index (χ0) is 20.2. The highest BCUT2D eigenvalue weighted by molar-refractivity contribution is 6.23. The highest BCUT2D eigenvalue weighted by Gasteiger charge is 2.45. The first-order valence-corrected chi connectivity index (χ1v) is 9.55. The number of piperazine rings is 1. The van der Waals surface area contributed by atoms with Crippen LogP contribution in [0.2, 0.25) is 0 Å². The van der Waals surface area contributed by atoms with Crippen LogP contribution < -0.4 is 15.5 Å². The van der Waals surface area contributed by atoms with Crippen molar-refractivity contribution >= 4 is 29.3 Å². The lowest BCUT2D eigenvalue weighted by molar-refractivity contribution is -0.136. The Hall–Kier alpha value is -2.74. The van der Waals surface area contributed by atoms with Gasteiger partial charge in [0.2, 0.25) is 11.8 Å². The molecule has 4 rings (SSSR count). The lowest BCUT2D eigenvalue weighted by Gasteiger charge is -2.44. The van der Waals surface area contributed by atoms with Crippen LogP contribution in [-0.4, -0.2) is 59.2 Å². The second-order valence-electron chi connectivity index (χ2n) is 8.42. The van der Waals surface area contributed by atoms with Crippen LogP contribution in [0.15, 0.2) is 18.2 Å². The predicted octanol–water partition coefficient (Wildman–Crippen LogP) is 0.665. The first-order valence-electron chi connectivity index (χ1n) is 9.55. The van der Waals surface area contributed by atoms with E-state index in [2.05, 4.69) is 36.3 Å². The number of rotatable bonds is 2. The lowest BCUT2D eigenvalue weighted by Crippen LogP contribution is -2.61. The van der Waals surface area contributed by atoms with E-state index in [4.69, 9.17) is 0 Å². The Balaban J connectivity index is 1.64. The van der Waals surface area contributed by atoms with Crippen molar-refractivity contribution < 1.29 is 19.2 Å². The molecular formula is C20H24N4O4. The molecule has 2 saturated heterocycles. The summed E-state index contributed by atoms with van der Waals surface area (Å²) in [4.78, 5) is 52.6. The maximum absolute atomic E-state index is 13.0. The van der Waals surface area contributed by atoms with E-state index >= 15 is 0 Å². The molecule has 148 valence electrons. The Labute approximate surface area is 163 Å². The average molecular weight is 384 g/mol. The van der Waals surface area contributed by atoms with Crippen LogP contribution in [0.3, 0.4) is 0 Å². The number of imide groups is 2.